The van der Waals surface area contributed by atoms with Gasteiger partial charge in [0, 0.05) is 17.3 Å². The van der Waals surface area contributed by atoms with Crippen LogP contribution in [0.5, 0.6) is 5.88 Å². The standard InChI is InChI=1S/C25H16F6N2O4/c1-36-23-15(24(35)37-2)8-7-14-9-17(25(29,30)31)21(33(14)23)12-3-5-13(6-4-12)32-22(34)16-10-19(27)20(28)11-18(16)26/h3-11H,1-2H3,(H,32,34). The lowest BCUT2D eigenvalue weighted by Gasteiger charge is -2.15. The quantitative estimate of drug-likeness (QED) is 0.196. The van der Waals surface area contributed by atoms with Crippen LogP contribution in [-0.2, 0) is 10.9 Å². The van der Waals surface area contributed by atoms with E-state index >= 15 is 0 Å². The van der Waals surface area contributed by atoms with Gasteiger partial charge in [-0.2, -0.15) is 13.2 Å². The first-order chi connectivity index (χ1) is 17.5. The predicted octanol–water partition coefficient (Wildman–Crippen LogP) is 6.09. The summed E-state index contributed by atoms with van der Waals surface area (Å²) in [6, 6.07) is 9.06. The Morgan fingerprint density at radius 3 is 2.08 bits per heavy atom. The highest BCUT2D eigenvalue weighted by Gasteiger charge is 2.37. The summed E-state index contributed by atoms with van der Waals surface area (Å²) < 4.78 is 93.5. The molecule has 0 spiro atoms. The SMILES string of the molecule is COC(=O)c1ccc2cc(C(F)(F)F)c(-c3ccc(NC(=O)c4cc(F)c(F)cc4F)cc3)n2c1OC. The van der Waals surface area contributed by atoms with E-state index < -0.39 is 46.6 Å². The van der Waals surface area contributed by atoms with E-state index in [4.69, 9.17) is 9.47 Å². The summed E-state index contributed by atoms with van der Waals surface area (Å²) >= 11 is 0. The highest BCUT2D eigenvalue weighted by atomic mass is 19.4. The Balaban J connectivity index is 1.79. The molecule has 0 fully saturated rings. The van der Waals surface area contributed by atoms with Crippen LogP contribution in [0.2, 0.25) is 0 Å². The number of aromatic nitrogens is 1. The van der Waals surface area contributed by atoms with Crippen LogP contribution in [0, 0.1) is 17.5 Å². The first-order valence-electron chi connectivity index (χ1n) is 10.4. The molecule has 0 aliphatic heterocycles. The Labute approximate surface area is 205 Å². The summed E-state index contributed by atoms with van der Waals surface area (Å²) in [6.45, 7) is 0. The molecule has 4 aromatic rings. The molecule has 0 saturated carbocycles. The number of rotatable bonds is 5. The number of amides is 1. The molecule has 0 bridgehead atoms. The van der Waals surface area contributed by atoms with Gasteiger partial charge in [0.05, 0.1) is 31.0 Å². The molecule has 4 rings (SSSR count). The van der Waals surface area contributed by atoms with Crippen molar-refractivity contribution in [3.63, 3.8) is 0 Å². The number of hydrogen-bond donors (Lipinski definition) is 1. The molecule has 2 aromatic heterocycles. The molecule has 12 heteroatoms. The largest absolute Gasteiger partial charge is 0.481 e. The lowest BCUT2D eigenvalue weighted by molar-refractivity contribution is -0.137. The van der Waals surface area contributed by atoms with Crippen LogP contribution >= 0.6 is 0 Å². The van der Waals surface area contributed by atoms with Crippen LogP contribution in [0.4, 0.5) is 32.0 Å². The van der Waals surface area contributed by atoms with Crippen molar-refractivity contribution in [1.82, 2.24) is 4.40 Å². The zero-order valence-corrected chi connectivity index (χ0v) is 19.0. The van der Waals surface area contributed by atoms with Gasteiger partial charge in [0.15, 0.2) is 11.6 Å². The van der Waals surface area contributed by atoms with Crippen molar-refractivity contribution >= 4 is 23.1 Å². The third-order valence-electron chi connectivity index (χ3n) is 5.46. The van der Waals surface area contributed by atoms with Crippen molar-refractivity contribution in [2.45, 2.75) is 6.18 Å². The number of fused-ring (bicyclic) bond motifs is 1. The Kier molecular flexibility index (Phi) is 6.59. The number of methoxy groups -OCH3 is 2. The maximum atomic E-state index is 14.0. The summed E-state index contributed by atoms with van der Waals surface area (Å²) in [5.41, 5.74) is -2.10. The summed E-state index contributed by atoms with van der Waals surface area (Å²) in [5.74, 6) is -6.31. The van der Waals surface area contributed by atoms with Gasteiger partial charge in [-0.15, -0.1) is 0 Å². The molecule has 0 aliphatic carbocycles. The van der Waals surface area contributed by atoms with Gasteiger partial charge in [-0.05, 0) is 42.0 Å². The van der Waals surface area contributed by atoms with Crippen molar-refractivity contribution in [3.8, 4) is 17.1 Å². The van der Waals surface area contributed by atoms with Gasteiger partial charge >= 0.3 is 12.1 Å². The van der Waals surface area contributed by atoms with Crippen LogP contribution in [0.1, 0.15) is 26.3 Å². The average Bonchev–Trinajstić information content (AvgIpc) is 3.26. The van der Waals surface area contributed by atoms with Crippen LogP contribution in [0.15, 0.2) is 54.6 Å². The molecule has 37 heavy (non-hydrogen) atoms. The number of nitrogens with zero attached hydrogens (tertiary/aromatic N) is 1. The molecule has 0 atom stereocenters. The van der Waals surface area contributed by atoms with E-state index in [1.807, 2.05) is 0 Å². The number of carbonyl (C=O) groups excluding carboxylic acids is 2. The average molecular weight is 522 g/mol. The van der Waals surface area contributed by atoms with Crippen molar-refractivity contribution in [2.75, 3.05) is 19.5 Å². The van der Waals surface area contributed by atoms with Gasteiger partial charge < -0.3 is 14.8 Å². The fraction of sp³-hybridized carbons (Fsp3) is 0.120. The number of halogens is 6. The number of hydrogen-bond acceptors (Lipinski definition) is 4. The van der Waals surface area contributed by atoms with Crippen molar-refractivity contribution in [1.29, 1.82) is 0 Å². The fourth-order valence-corrected chi connectivity index (χ4v) is 3.81. The van der Waals surface area contributed by atoms with Crippen molar-refractivity contribution in [3.05, 3.63) is 88.7 Å². The maximum absolute atomic E-state index is 14.0. The molecule has 192 valence electrons. The number of nitrogens with one attached hydrogen (secondary N) is 1. The summed E-state index contributed by atoms with van der Waals surface area (Å²) in [4.78, 5) is 24.5. The maximum Gasteiger partial charge on any atom is 0.418 e. The lowest BCUT2D eigenvalue weighted by atomic mass is 10.1. The normalized spacial score (nSPS) is 11.5. The van der Waals surface area contributed by atoms with Gasteiger partial charge in [-0.25, -0.2) is 18.0 Å². The second-order valence-corrected chi connectivity index (χ2v) is 7.69. The number of benzene rings is 2. The summed E-state index contributed by atoms with van der Waals surface area (Å²) in [6.07, 6.45) is -4.78. The first-order valence-corrected chi connectivity index (χ1v) is 10.4. The third kappa shape index (κ3) is 4.69. The molecule has 0 aliphatic rings. The molecule has 0 saturated heterocycles. The Bertz CT molecular complexity index is 1530. The van der Waals surface area contributed by atoms with E-state index in [1.165, 1.54) is 43.5 Å². The molecule has 6 nitrogen and oxygen atoms in total. The highest BCUT2D eigenvalue weighted by molar-refractivity contribution is 6.04. The summed E-state index contributed by atoms with van der Waals surface area (Å²) in [5, 5.41) is 2.27. The Morgan fingerprint density at radius 1 is 0.838 bits per heavy atom. The minimum absolute atomic E-state index is 0.0321. The smallest absolute Gasteiger partial charge is 0.418 e. The van der Waals surface area contributed by atoms with Crippen LogP contribution in [-0.4, -0.2) is 30.5 Å². The first kappa shape index (κ1) is 25.6. The van der Waals surface area contributed by atoms with Gasteiger partial charge in [-0.3, -0.25) is 9.20 Å². The van der Waals surface area contributed by atoms with Gasteiger partial charge in [0.2, 0.25) is 5.88 Å². The number of esters is 1. The summed E-state index contributed by atoms with van der Waals surface area (Å²) in [7, 11) is 2.30. The van der Waals surface area contributed by atoms with Crippen molar-refractivity contribution in [2.24, 2.45) is 0 Å². The van der Waals surface area contributed by atoms with Gasteiger partial charge in [-0.1, -0.05) is 12.1 Å². The molecule has 1 N–H and O–H groups in total. The Hall–Kier alpha value is -4.48. The molecular weight excluding hydrogens is 506 g/mol. The van der Waals surface area contributed by atoms with E-state index in [0.29, 0.717) is 6.07 Å². The molecule has 2 aromatic carbocycles. The van der Waals surface area contributed by atoms with Crippen LogP contribution in [0.3, 0.4) is 0 Å². The Morgan fingerprint density at radius 2 is 1.49 bits per heavy atom. The molecule has 1 amide bonds. The third-order valence-corrected chi connectivity index (χ3v) is 5.46. The number of carbonyl (C=O) groups is 2. The number of alkyl halides is 3. The number of ether oxygens (including phenoxy) is 2. The van der Waals surface area contributed by atoms with Crippen LogP contribution in [0.25, 0.3) is 16.8 Å². The lowest BCUT2D eigenvalue weighted by Crippen LogP contribution is -2.14. The zero-order valence-electron chi connectivity index (χ0n) is 19.0. The second kappa shape index (κ2) is 9.52. The highest BCUT2D eigenvalue weighted by Crippen LogP contribution is 2.42. The topological polar surface area (TPSA) is 69.0 Å². The van der Waals surface area contributed by atoms with E-state index in [2.05, 4.69) is 5.32 Å². The minimum Gasteiger partial charge on any atom is -0.481 e. The predicted molar refractivity (Wildman–Crippen MR) is 120 cm³/mol. The number of pyridine rings is 1. The second-order valence-electron chi connectivity index (χ2n) is 7.69. The van der Waals surface area contributed by atoms with Gasteiger partial charge in [0.1, 0.15) is 11.4 Å². The monoisotopic (exact) mass is 522 g/mol. The van der Waals surface area contributed by atoms with Gasteiger partial charge in [0.25, 0.3) is 5.91 Å². The van der Waals surface area contributed by atoms with Crippen LogP contribution < -0.4 is 10.1 Å². The fourth-order valence-electron chi connectivity index (χ4n) is 3.81. The molecule has 0 unspecified atom stereocenters. The van der Waals surface area contributed by atoms with E-state index in [9.17, 15) is 35.9 Å². The minimum atomic E-state index is -4.78. The zero-order chi connectivity index (χ0) is 27.1. The molecule has 2 heterocycles. The van der Waals surface area contributed by atoms with E-state index in [-0.39, 0.29) is 40.0 Å². The van der Waals surface area contributed by atoms with E-state index in [0.717, 1.165) is 17.6 Å². The number of anilines is 1. The molecular formula is C25H16F6N2O4. The van der Waals surface area contributed by atoms with Crippen molar-refractivity contribution < 1.29 is 45.4 Å². The van der Waals surface area contributed by atoms with E-state index in [1.54, 1.807) is 0 Å². The molecule has 0 radical (unpaired) electrons.